The molecular weight excluding hydrogens is 340 g/mol. The van der Waals surface area contributed by atoms with Gasteiger partial charge in [0.25, 0.3) is 0 Å². The Morgan fingerprint density at radius 3 is 2.81 bits per heavy atom. The zero-order valence-corrected chi connectivity index (χ0v) is 16.8. The Kier molecular flexibility index (Phi) is 7.93. The van der Waals surface area contributed by atoms with Crippen LogP contribution in [0.2, 0.25) is 0 Å². The number of likely N-dealkylation sites (N-methyl/N-ethyl adjacent to an activating group) is 1. The molecule has 1 N–H and O–H groups in total. The molecule has 0 aromatic heterocycles. The highest BCUT2D eigenvalue weighted by Gasteiger charge is 2.21. The third-order valence-corrected chi connectivity index (χ3v) is 5.15. The third-order valence-electron chi connectivity index (χ3n) is 5.15. The molecule has 150 valence electrons. The van der Waals surface area contributed by atoms with Crippen LogP contribution in [0.25, 0.3) is 0 Å². The number of guanidine groups is 1. The highest BCUT2D eigenvalue weighted by molar-refractivity contribution is 5.79. The highest BCUT2D eigenvalue weighted by Crippen LogP contribution is 2.28. The van der Waals surface area contributed by atoms with E-state index in [1.54, 1.807) is 0 Å². The minimum Gasteiger partial charge on any atom is -0.379 e. The Morgan fingerprint density at radius 1 is 1.30 bits per heavy atom. The van der Waals surface area contributed by atoms with E-state index in [4.69, 9.17) is 9.47 Å². The van der Waals surface area contributed by atoms with Gasteiger partial charge in [0.2, 0.25) is 0 Å². The lowest BCUT2D eigenvalue weighted by atomic mass is 10.1. The monoisotopic (exact) mass is 374 g/mol. The van der Waals surface area contributed by atoms with E-state index in [2.05, 4.69) is 51.4 Å². The van der Waals surface area contributed by atoms with Gasteiger partial charge in [-0.2, -0.15) is 0 Å². The third kappa shape index (κ3) is 7.13. The maximum atomic E-state index is 5.74. The molecule has 0 atom stereocenters. The molecule has 6 nitrogen and oxygen atoms in total. The van der Waals surface area contributed by atoms with Crippen molar-refractivity contribution in [2.24, 2.45) is 10.9 Å². The second-order valence-corrected chi connectivity index (χ2v) is 7.55. The molecule has 0 unspecified atom stereocenters. The van der Waals surface area contributed by atoms with E-state index < -0.39 is 0 Å². The second-order valence-electron chi connectivity index (χ2n) is 7.55. The van der Waals surface area contributed by atoms with Crippen molar-refractivity contribution in [2.75, 3.05) is 60.2 Å². The Hall–Kier alpha value is -1.63. The standard InChI is InChI=1S/C21H34N4O2/c1-22-21(24(2)8-11-27-17-18-6-7-18)23-15-19-4-3-5-20(14-19)16-25-9-12-26-13-10-25/h3-5,14,18H,6-13,15-17H2,1-2H3,(H,22,23). The van der Waals surface area contributed by atoms with Crippen molar-refractivity contribution in [1.82, 2.24) is 15.1 Å². The smallest absolute Gasteiger partial charge is 0.193 e. The lowest BCUT2D eigenvalue weighted by molar-refractivity contribution is 0.0342. The van der Waals surface area contributed by atoms with Gasteiger partial charge in [0.05, 0.1) is 19.8 Å². The number of nitrogens with one attached hydrogen (secondary N) is 1. The average molecular weight is 375 g/mol. The quantitative estimate of drug-likeness (QED) is 0.407. The summed E-state index contributed by atoms with van der Waals surface area (Å²) in [4.78, 5) is 8.98. The predicted molar refractivity (Wildman–Crippen MR) is 109 cm³/mol. The van der Waals surface area contributed by atoms with Crippen LogP contribution in [0.4, 0.5) is 0 Å². The topological polar surface area (TPSA) is 49.3 Å². The highest BCUT2D eigenvalue weighted by atomic mass is 16.5. The van der Waals surface area contributed by atoms with Crippen LogP contribution in [0, 0.1) is 5.92 Å². The van der Waals surface area contributed by atoms with E-state index in [9.17, 15) is 0 Å². The van der Waals surface area contributed by atoms with Crippen molar-refractivity contribution >= 4 is 5.96 Å². The van der Waals surface area contributed by atoms with E-state index in [1.165, 1.54) is 24.0 Å². The molecule has 1 saturated heterocycles. The molecule has 0 spiro atoms. The van der Waals surface area contributed by atoms with Gasteiger partial charge in [0, 0.05) is 53.4 Å². The fourth-order valence-corrected chi connectivity index (χ4v) is 3.26. The molecule has 1 aliphatic carbocycles. The van der Waals surface area contributed by atoms with Crippen LogP contribution in [0.1, 0.15) is 24.0 Å². The summed E-state index contributed by atoms with van der Waals surface area (Å²) in [5.41, 5.74) is 2.63. The van der Waals surface area contributed by atoms with Gasteiger partial charge >= 0.3 is 0 Å². The molecule has 0 bridgehead atoms. The molecule has 6 heteroatoms. The first-order valence-corrected chi connectivity index (χ1v) is 10.1. The number of rotatable bonds is 9. The minimum atomic E-state index is 0.753. The Bertz CT molecular complexity index is 598. The number of hydrogen-bond acceptors (Lipinski definition) is 4. The van der Waals surface area contributed by atoms with Crippen LogP contribution in [0.3, 0.4) is 0 Å². The van der Waals surface area contributed by atoms with Crippen molar-refractivity contribution in [3.63, 3.8) is 0 Å². The Labute approximate surface area is 163 Å². The van der Waals surface area contributed by atoms with Crippen LogP contribution >= 0.6 is 0 Å². The summed E-state index contributed by atoms with van der Waals surface area (Å²) >= 11 is 0. The first-order chi connectivity index (χ1) is 13.2. The molecule has 1 aliphatic heterocycles. The van der Waals surface area contributed by atoms with Gasteiger partial charge in [-0.3, -0.25) is 9.89 Å². The van der Waals surface area contributed by atoms with Gasteiger partial charge < -0.3 is 19.7 Å². The molecule has 1 aromatic rings. The zero-order chi connectivity index (χ0) is 18.9. The van der Waals surface area contributed by atoms with Crippen molar-refractivity contribution in [1.29, 1.82) is 0 Å². The summed E-state index contributed by atoms with van der Waals surface area (Å²) in [5, 5.41) is 3.47. The van der Waals surface area contributed by atoms with Gasteiger partial charge in [-0.05, 0) is 29.9 Å². The maximum absolute atomic E-state index is 5.74. The zero-order valence-electron chi connectivity index (χ0n) is 16.8. The number of nitrogens with zero attached hydrogens (tertiary/aromatic N) is 3. The fourth-order valence-electron chi connectivity index (χ4n) is 3.26. The Morgan fingerprint density at radius 2 is 2.07 bits per heavy atom. The average Bonchev–Trinajstić information content (AvgIpc) is 3.51. The van der Waals surface area contributed by atoms with E-state index in [1.807, 2.05) is 7.05 Å². The molecule has 1 saturated carbocycles. The predicted octanol–water partition coefficient (Wildman–Crippen LogP) is 1.95. The molecule has 2 aliphatic rings. The molecule has 1 aromatic carbocycles. The molecular formula is C21H34N4O2. The van der Waals surface area contributed by atoms with Crippen LogP contribution in [-0.4, -0.2) is 75.9 Å². The minimum absolute atomic E-state index is 0.753. The summed E-state index contributed by atoms with van der Waals surface area (Å²) < 4.78 is 11.2. The molecule has 3 rings (SSSR count). The van der Waals surface area contributed by atoms with Crippen LogP contribution in [-0.2, 0) is 22.6 Å². The van der Waals surface area contributed by atoms with Gasteiger partial charge in [-0.15, -0.1) is 0 Å². The summed E-state index contributed by atoms with van der Waals surface area (Å²) in [7, 11) is 3.89. The molecule has 2 fully saturated rings. The maximum Gasteiger partial charge on any atom is 0.193 e. The van der Waals surface area contributed by atoms with Crippen LogP contribution in [0.15, 0.2) is 29.3 Å². The van der Waals surface area contributed by atoms with Gasteiger partial charge in [-0.25, -0.2) is 0 Å². The van der Waals surface area contributed by atoms with E-state index in [0.29, 0.717) is 0 Å². The van der Waals surface area contributed by atoms with Gasteiger partial charge in [0.15, 0.2) is 5.96 Å². The SMILES string of the molecule is CN=C(NCc1cccc(CN2CCOCC2)c1)N(C)CCOCC1CC1. The van der Waals surface area contributed by atoms with E-state index >= 15 is 0 Å². The number of aliphatic imine (C=N–C) groups is 1. The number of benzene rings is 1. The first kappa shape index (κ1) is 20.1. The van der Waals surface area contributed by atoms with Crippen molar-refractivity contribution in [3.8, 4) is 0 Å². The van der Waals surface area contributed by atoms with Gasteiger partial charge in [0.1, 0.15) is 0 Å². The fraction of sp³-hybridized carbons (Fsp3) is 0.667. The summed E-state index contributed by atoms with van der Waals surface area (Å²) in [6.07, 6.45) is 2.67. The first-order valence-electron chi connectivity index (χ1n) is 10.1. The van der Waals surface area contributed by atoms with Crippen LogP contribution < -0.4 is 5.32 Å². The molecule has 0 amide bonds. The van der Waals surface area contributed by atoms with Crippen molar-refractivity contribution in [3.05, 3.63) is 35.4 Å². The van der Waals surface area contributed by atoms with E-state index in [-0.39, 0.29) is 0 Å². The van der Waals surface area contributed by atoms with Crippen molar-refractivity contribution < 1.29 is 9.47 Å². The Balaban J connectivity index is 1.42. The molecule has 1 heterocycles. The normalized spacial score (nSPS) is 18.5. The molecule has 0 radical (unpaired) electrons. The summed E-state index contributed by atoms with van der Waals surface area (Å²) in [6.45, 7) is 8.00. The lowest BCUT2D eigenvalue weighted by Crippen LogP contribution is -2.40. The van der Waals surface area contributed by atoms with E-state index in [0.717, 1.165) is 71.0 Å². The summed E-state index contributed by atoms with van der Waals surface area (Å²) in [6, 6.07) is 8.80. The molecule has 27 heavy (non-hydrogen) atoms. The number of morpholine rings is 1. The van der Waals surface area contributed by atoms with Crippen LogP contribution in [0.5, 0.6) is 0 Å². The number of hydrogen-bond donors (Lipinski definition) is 1. The van der Waals surface area contributed by atoms with Gasteiger partial charge in [-0.1, -0.05) is 24.3 Å². The number of ether oxygens (including phenoxy) is 2. The van der Waals surface area contributed by atoms with Crippen molar-refractivity contribution in [2.45, 2.75) is 25.9 Å². The summed E-state index contributed by atoms with van der Waals surface area (Å²) in [5.74, 6) is 1.72. The lowest BCUT2D eigenvalue weighted by Gasteiger charge is -2.26. The largest absolute Gasteiger partial charge is 0.379 e. The second kappa shape index (κ2) is 10.6.